The third-order valence-corrected chi connectivity index (χ3v) is 5.03. The van der Waals surface area contributed by atoms with Gasteiger partial charge >= 0.3 is 6.03 Å². The molecule has 0 unspecified atom stereocenters. The van der Waals surface area contributed by atoms with Gasteiger partial charge in [-0.25, -0.2) is 4.79 Å². The summed E-state index contributed by atoms with van der Waals surface area (Å²) in [6.45, 7) is 7.26. The van der Waals surface area contributed by atoms with Gasteiger partial charge in [0.2, 0.25) is 0 Å². The number of hydrogen-bond acceptors (Lipinski definition) is 3. The molecule has 0 aromatic heterocycles. The standard InChI is InChI=1S/C16H31N3O2/c1-12(13(2)21-3)17-16(20)18-15-8-9-19(11-15)10-14-6-4-5-7-14/h12-15H,4-11H2,1-3H3,(H2,17,18,20)/t12-,13-,15-/m0/s1. The Morgan fingerprint density at radius 3 is 2.67 bits per heavy atom. The topological polar surface area (TPSA) is 53.6 Å². The summed E-state index contributed by atoms with van der Waals surface area (Å²) in [7, 11) is 1.67. The maximum absolute atomic E-state index is 12.0. The average molecular weight is 297 g/mol. The molecule has 0 radical (unpaired) electrons. The van der Waals surface area contributed by atoms with Crippen molar-refractivity contribution in [2.75, 3.05) is 26.7 Å². The Morgan fingerprint density at radius 2 is 2.00 bits per heavy atom. The summed E-state index contributed by atoms with van der Waals surface area (Å²) in [5.74, 6) is 0.889. The number of ether oxygens (including phenoxy) is 1. The van der Waals surface area contributed by atoms with E-state index in [0.717, 1.165) is 25.4 Å². The molecule has 0 bridgehead atoms. The molecule has 1 aliphatic heterocycles. The molecule has 1 aliphatic carbocycles. The Balaban J connectivity index is 1.66. The number of urea groups is 1. The lowest BCUT2D eigenvalue weighted by molar-refractivity contribution is 0.0910. The van der Waals surface area contributed by atoms with Crippen molar-refractivity contribution in [3.63, 3.8) is 0 Å². The fourth-order valence-corrected chi connectivity index (χ4v) is 3.43. The largest absolute Gasteiger partial charge is 0.380 e. The number of amides is 2. The third-order valence-electron chi connectivity index (χ3n) is 5.03. The van der Waals surface area contributed by atoms with Gasteiger partial charge in [0.15, 0.2) is 0 Å². The van der Waals surface area contributed by atoms with Crippen LogP contribution in [0.1, 0.15) is 46.0 Å². The highest BCUT2D eigenvalue weighted by atomic mass is 16.5. The molecule has 2 fully saturated rings. The molecule has 0 aromatic carbocycles. The molecule has 2 N–H and O–H groups in total. The zero-order chi connectivity index (χ0) is 15.2. The van der Waals surface area contributed by atoms with Crippen LogP contribution in [-0.2, 0) is 4.74 Å². The van der Waals surface area contributed by atoms with Crippen LogP contribution in [0.2, 0.25) is 0 Å². The van der Waals surface area contributed by atoms with Gasteiger partial charge in [0, 0.05) is 32.8 Å². The zero-order valence-electron chi connectivity index (χ0n) is 13.7. The van der Waals surface area contributed by atoms with E-state index < -0.39 is 0 Å². The fourth-order valence-electron chi connectivity index (χ4n) is 3.43. The van der Waals surface area contributed by atoms with Crippen molar-refractivity contribution in [2.24, 2.45) is 5.92 Å². The molecular weight excluding hydrogens is 266 g/mol. The van der Waals surface area contributed by atoms with E-state index in [2.05, 4.69) is 15.5 Å². The molecule has 1 heterocycles. The van der Waals surface area contributed by atoms with Gasteiger partial charge in [0.05, 0.1) is 12.1 Å². The average Bonchev–Trinajstić information content (AvgIpc) is 3.10. The second-order valence-corrected chi connectivity index (χ2v) is 6.74. The number of carbonyl (C=O) groups excluding carboxylic acids is 1. The minimum absolute atomic E-state index is 0.0194. The third kappa shape index (κ3) is 5.15. The SMILES string of the molecule is CO[C@@H](C)[C@H](C)NC(=O)N[C@H]1CCN(CC2CCCC2)C1. The van der Waals surface area contributed by atoms with Crippen molar-refractivity contribution >= 4 is 6.03 Å². The van der Waals surface area contributed by atoms with Crippen molar-refractivity contribution in [3.8, 4) is 0 Å². The first kappa shape index (κ1) is 16.6. The van der Waals surface area contributed by atoms with Gasteiger partial charge in [-0.1, -0.05) is 12.8 Å². The highest BCUT2D eigenvalue weighted by Gasteiger charge is 2.27. The van der Waals surface area contributed by atoms with Crippen LogP contribution >= 0.6 is 0 Å². The number of hydrogen-bond donors (Lipinski definition) is 2. The van der Waals surface area contributed by atoms with E-state index >= 15 is 0 Å². The number of carbonyl (C=O) groups is 1. The monoisotopic (exact) mass is 297 g/mol. The van der Waals surface area contributed by atoms with Gasteiger partial charge in [-0.2, -0.15) is 0 Å². The summed E-state index contributed by atoms with van der Waals surface area (Å²) in [6.07, 6.45) is 6.67. The fraction of sp³-hybridized carbons (Fsp3) is 0.938. The van der Waals surface area contributed by atoms with Crippen LogP contribution in [0.3, 0.4) is 0 Å². The molecule has 0 aromatic rings. The van der Waals surface area contributed by atoms with Gasteiger partial charge < -0.3 is 20.3 Å². The first-order valence-electron chi connectivity index (χ1n) is 8.40. The van der Waals surface area contributed by atoms with Crippen molar-refractivity contribution < 1.29 is 9.53 Å². The Bertz CT molecular complexity index is 331. The van der Waals surface area contributed by atoms with E-state index in [4.69, 9.17) is 4.74 Å². The van der Waals surface area contributed by atoms with Crippen molar-refractivity contribution in [1.82, 2.24) is 15.5 Å². The van der Waals surface area contributed by atoms with Crippen molar-refractivity contribution in [1.29, 1.82) is 0 Å². The van der Waals surface area contributed by atoms with Crippen molar-refractivity contribution in [2.45, 2.75) is 64.1 Å². The van der Waals surface area contributed by atoms with Crippen LogP contribution in [0.5, 0.6) is 0 Å². The highest BCUT2D eigenvalue weighted by molar-refractivity contribution is 5.74. The quantitative estimate of drug-likeness (QED) is 0.788. The summed E-state index contributed by atoms with van der Waals surface area (Å²) in [4.78, 5) is 14.5. The predicted molar refractivity (Wildman–Crippen MR) is 84.4 cm³/mol. The lowest BCUT2D eigenvalue weighted by Gasteiger charge is -2.22. The first-order valence-corrected chi connectivity index (χ1v) is 8.40. The molecule has 21 heavy (non-hydrogen) atoms. The molecular formula is C16H31N3O2. The van der Waals surface area contributed by atoms with E-state index in [-0.39, 0.29) is 24.2 Å². The maximum Gasteiger partial charge on any atom is 0.315 e. The molecule has 0 spiro atoms. The number of methoxy groups -OCH3 is 1. The minimum atomic E-state index is -0.0703. The molecule has 5 nitrogen and oxygen atoms in total. The van der Waals surface area contributed by atoms with E-state index in [0.29, 0.717) is 0 Å². The number of nitrogens with one attached hydrogen (secondary N) is 2. The lowest BCUT2D eigenvalue weighted by Crippen LogP contribution is -2.49. The first-order chi connectivity index (χ1) is 10.1. The molecule has 122 valence electrons. The minimum Gasteiger partial charge on any atom is -0.380 e. The Morgan fingerprint density at radius 1 is 1.29 bits per heavy atom. The zero-order valence-corrected chi connectivity index (χ0v) is 13.7. The summed E-state index contributed by atoms with van der Waals surface area (Å²) in [6, 6.07) is 0.238. The number of likely N-dealkylation sites (tertiary alicyclic amines) is 1. The van der Waals surface area contributed by atoms with Crippen molar-refractivity contribution in [3.05, 3.63) is 0 Å². The van der Waals surface area contributed by atoms with Gasteiger partial charge in [-0.3, -0.25) is 0 Å². The Hall–Kier alpha value is -0.810. The van der Waals surface area contributed by atoms with E-state index in [1.165, 1.54) is 32.2 Å². The smallest absolute Gasteiger partial charge is 0.315 e. The number of rotatable bonds is 6. The Kier molecular flexibility index (Phi) is 6.30. The lowest BCUT2D eigenvalue weighted by atomic mass is 10.1. The van der Waals surface area contributed by atoms with Crippen LogP contribution in [0.15, 0.2) is 0 Å². The molecule has 1 saturated carbocycles. The summed E-state index contributed by atoms with van der Waals surface area (Å²) >= 11 is 0. The molecule has 5 heteroatoms. The number of nitrogens with zero attached hydrogens (tertiary/aromatic N) is 1. The highest BCUT2D eigenvalue weighted by Crippen LogP contribution is 2.26. The van der Waals surface area contributed by atoms with Gasteiger partial charge in [0.25, 0.3) is 0 Å². The predicted octanol–water partition coefficient (Wildman–Crippen LogP) is 1.97. The van der Waals surface area contributed by atoms with E-state index in [9.17, 15) is 4.79 Å². The molecule has 3 atom stereocenters. The normalized spacial score (nSPS) is 26.7. The van der Waals surface area contributed by atoms with Crippen LogP contribution < -0.4 is 10.6 Å². The van der Waals surface area contributed by atoms with Crippen LogP contribution in [0, 0.1) is 5.92 Å². The summed E-state index contributed by atoms with van der Waals surface area (Å²) < 4.78 is 5.22. The van der Waals surface area contributed by atoms with Crippen LogP contribution in [0.4, 0.5) is 4.79 Å². The van der Waals surface area contributed by atoms with E-state index in [1.54, 1.807) is 7.11 Å². The van der Waals surface area contributed by atoms with Gasteiger partial charge in [0.1, 0.15) is 0 Å². The van der Waals surface area contributed by atoms with Crippen LogP contribution in [-0.4, -0.2) is 55.9 Å². The molecule has 2 rings (SSSR count). The van der Waals surface area contributed by atoms with Crippen LogP contribution in [0.25, 0.3) is 0 Å². The van der Waals surface area contributed by atoms with E-state index in [1.807, 2.05) is 13.8 Å². The second-order valence-electron chi connectivity index (χ2n) is 6.74. The maximum atomic E-state index is 12.0. The van der Waals surface area contributed by atoms with Gasteiger partial charge in [-0.05, 0) is 39.0 Å². The molecule has 1 saturated heterocycles. The summed E-state index contributed by atoms with van der Waals surface area (Å²) in [5.41, 5.74) is 0. The Labute approximate surface area is 128 Å². The summed E-state index contributed by atoms with van der Waals surface area (Å²) in [5, 5.41) is 6.05. The molecule has 2 amide bonds. The second kappa shape index (κ2) is 7.99. The molecule has 2 aliphatic rings. The van der Waals surface area contributed by atoms with Gasteiger partial charge in [-0.15, -0.1) is 0 Å².